The Morgan fingerprint density at radius 1 is 1.14 bits per heavy atom. The zero-order valence-corrected chi connectivity index (χ0v) is 12.3. The van der Waals surface area contributed by atoms with E-state index in [1.807, 2.05) is 6.92 Å². The summed E-state index contributed by atoms with van der Waals surface area (Å²) >= 11 is 5.96. The van der Waals surface area contributed by atoms with E-state index in [-0.39, 0.29) is 18.2 Å². The molecule has 1 unspecified atom stereocenters. The lowest BCUT2D eigenvalue weighted by Gasteiger charge is -2.14. The van der Waals surface area contributed by atoms with E-state index in [1.165, 1.54) is 12.1 Å². The predicted octanol–water partition coefficient (Wildman–Crippen LogP) is 4.09. The molecule has 112 valence electrons. The second kappa shape index (κ2) is 6.87. The summed E-state index contributed by atoms with van der Waals surface area (Å²) < 4.78 is 32.0. The predicted molar refractivity (Wildman–Crippen MR) is 79.5 cm³/mol. The molecule has 21 heavy (non-hydrogen) atoms. The highest BCUT2D eigenvalue weighted by Gasteiger charge is 2.09. The van der Waals surface area contributed by atoms with Gasteiger partial charge in [-0.25, -0.2) is 8.78 Å². The minimum absolute atomic E-state index is 0.0136. The van der Waals surface area contributed by atoms with Crippen LogP contribution < -0.4 is 10.5 Å². The van der Waals surface area contributed by atoms with E-state index in [9.17, 15) is 8.78 Å². The highest BCUT2D eigenvalue weighted by Crippen LogP contribution is 2.25. The molecule has 0 aliphatic heterocycles. The maximum Gasteiger partial charge on any atom is 0.132 e. The van der Waals surface area contributed by atoms with Crippen molar-refractivity contribution in [3.8, 4) is 5.75 Å². The molecular formula is C16H16ClF2NO. The maximum atomic E-state index is 13.6. The van der Waals surface area contributed by atoms with Gasteiger partial charge in [0, 0.05) is 22.7 Å². The van der Waals surface area contributed by atoms with Crippen LogP contribution in [0, 0.1) is 11.6 Å². The van der Waals surface area contributed by atoms with Gasteiger partial charge in [-0.1, -0.05) is 11.6 Å². The Balaban J connectivity index is 2.15. The Morgan fingerprint density at radius 2 is 1.90 bits per heavy atom. The Morgan fingerprint density at radius 3 is 2.57 bits per heavy atom. The molecule has 5 heteroatoms. The molecule has 0 heterocycles. The van der Waals surface area contributed by atoms with Crippen molar-refractivity contribution in [2.24, 2.45) is 5.73 Å². The van der Waals surface area contributed by atoms with Gasteiger partial charge in [0.05, 0.1) is 0 Å². The molecule has 0 amide bonds. The molecule has 0 aromatic heterocycles. The van der Waals surface area contributed by atoms with Crippen LogP contribution in [-0.4, -0.2) is 6.04 Å². The van der Waals surface area contributed by atoms with Crippen molar-refractivity contribution >= 4 is 11.6 Å². The van der Waals surface area contributed by atoms with Crippen LogP contribution in [0.4, 0.5) is 8.78 Å². The Kier molecular flexibility index (Phi) is 5.15. The van der Waals surface area contributed by atoms with E-state index in [2.05, 4.69) is 0 Å². The summed E-state index contributed by atoms with van der Waals surface area (Å²) in [6.45, 7) is 1.89. The van der Waals surface area contributed by atoms with E-state index in [4.69, 9.17) is 22.1 Å². The summed E-state index contributed by atoms with van der Waals surface area (Å²) in [5.41, 5.74) is 6.94. The van der Waals surface area contributed by atoms with E-state index >= 15 is 0 Å². The first-order valence-electron chi connectivity index (χ1n) is 6.56. The van der Waals surface area contributed by atoms with E-state index in [0.29, 0.717) is 17.2 Å². The summed E-state index contributed by atoms with van der Waals surface area (Å²) in [5.74, 6) is -0.640. The first kappa shape index (κ1) is 15.7. The maximum absolute atomic E-state index is 13.6. The van der Waals surface area contributed by atoms with Crippen LogP contribution in [0.25, 0.3) is 0 Å². The minimum Gasteiger partial charge on any atom is -0.489 e. The first-order chi connectivity index (χ1) is 9.95. The number of benzene rings is 2. The summed E-state index contributed by atoms with van der Waals surface area (Å²) in [5, 5.41) is 0.589. The number of halogens is 3. The standard InChI is InChI=1S/C16H16ClF2NO/c1-10(20)6-12-7-13(17)3-5-16(12)21-9-11-2-4-14(18)8-15(11)19/h2-5,7-8,10H,6,9,20H2,1H3. The van der Waals surface area contributed by atoms with Crippen molar-refractivity contribution in [3.05, 3.63) is 64.2 Å². The van der Waals surface area contributed by atoms with Crippen LogP contribution in [0.1, 0.15) is 18.1 Å². The normalized spacial score (nSPS) is 12.2. The summed E-state index contributed by atoms with van der Waals surface area (Å²) in [4.78, 5) is 0. The van der Waals surface area contributed by atoms with Crippen LogP contribution in [0.5, 0.6) is 5.75 Å². The zero-order valence-electron chi connectivity index (χ0n) is 11.6. The topological polar surface area (TPSA) is 35.2 Å². The molecular weight excluding hydrogens is 296 g/mol. The lowest BCUT2D eigenvalue weighted by molar-refractivity contribution is 0.296. The number of hydrogen-bond acceptors (Lipinski definition) is 2. The van der Waals surface area contributed by atoms with Crippen LogP contribution >= 0.6 is 11.6 Å². The largest absolute Gasteiger partial charge is 0.489 e. The molecule has 2 N–H and O–H groups in total. The molecule has 0 saturated carbocycles. The molecule has 2 aromatic rings. The number of rotatable bonds is 5. The van der Waals surface area contributed by atoms with Crippen LogP contribution in [0.15, 0.2) is 36.4 Å². The third-order valence-electron chi connectivity index (χ3n) is 2.96. The van der Waals surface area contributed by atoms with Gasteiger partial charge in [0.1, 0.15) is 24.0 Å². The number of nitrogens with two attached hydrogens (primary N) is 1. The molecule has 0 radical (unpaired) electrons. The SMILES string of the molecule is CC(N)Cc1cc(Cl)ccc1OCc1ccc(F)cc1F. The van der Waals surface area contributed by atoms with Crippen LogP contribution in [0.3, 0.4) is 0 Å². The van der Waals surface area contributed by atoms with E-state index < -0.39 is 11.6 Å². The Hall–Kier alpha value is -1.65. The molecule has 1 atom stereocenters. The molecule has 0 aliphatic carbocycles. The third-order valence-corrected chi connectivity index (χ3v) is 3.20. The molecule has 2 nitrogen and oxygen atoms in total. The van der Waals surface area contributed by atoms with Gasteiger partial charge in [0.15, 0.2) is 0 Å². The fourth-order valence-corrected chi connectivity index (χ4v) is 2.18. The van der Waals surface area contributed by atoms with Gasteiger partial charge in [-0.2, -0.15) is 0 Å². The number of ether oxygens (including phenoxy) is 1. The lowest BCUT2D eigenvalue weighted by Crippen LogP contribution is -2.18. The molecule has 0 aliphatic rings. The molecule has 2 rings (SSSR count). The van der Waals surface area contributed by atoms with Gasteiger partial charge in [-0.15, -0.1) is 0 Å². The second-order valence-corrected chi connectivity index (χ2v) is 5.39. The average molecular weight is 312 g/mol. The summed E-state index contributed by atoms with van der Waals surface area (Å²) in [6, 6.07) is 8.56. The fourth-order valence-electron chi connectivity index (χ4n) is 1.99. The quantitative estimate of drug-likeness (QED) is 0.902. The average Bonchev–Trinajstić information content (AvgIpc) is 2.39. The van der Waals surface area contributed by atoms with Crippen molar-refractivity contribution < 1.29 is 13.5 Å². The lowest BCUT2D eigenvalue weighted by atomic mass is 10.1. The van der Waals surface area contributed by atoms with Crippen molar-refractivity contribution in [1.82, 2.24) is 0 Å². The third kappa shape index (κ3) is 4.41. The van der Waals surface area contributed by atoms with Crippen LogP contribution in [0.2, 0.25) is 5.02 Å². The second-order valence-electron chi connectivity index (χ2n) is 4.96. The highest BCUT2D eigenvalue weighted by atomic mass is 35.5. The van der Waals surface area contributed by atoms with Gasteiger partial charge >= 0.3 is 0 Å². The van der Waals surface area contributed by atoms with Crippen LogP contribution in [-0.2, 0) is 13.0 Å². The molecule has 0 bridgehead atoms. The molecule has 0 saturated heterocycles. The highest BCUT2D eigenvalue weighted by molar-refractivity contribution is 6.30. The molecule has 2 aromatic carbocycles. The monoisotopic (exact) mass is 311 g/mol. The zero-order chi connectivity index (χ0) is 15.4. The van der Waals surface area contributed by atoms with Crippen molar-refractivity contribution in [2.75, 3.05) is 0 Å². The van der Waals surface area contributed by atoms with E-state index in [0.717, 1.165) is 11.6 Å². The van der Waals surface area contributed by atoms with Gasteiger partial charge in [-0.05, 0) is 49.2 Å². The number of hydrogen-bond donors (Lipinski definition) is 1. The molecule has 0 spiro atoms. The van der Waals surface area contributed by atoms with E-state index in [1.54, 1.807) is 18.2 Å². The first-order valence-corrected chi connectivity index (χ1v) is 6.94. The van der Waals surface area contributed by atoms with Crippen molar-refractivity contribution in [2.45, 2.75) is 26.0 Å². The van der Waals surface area contributed by atoms with Gasteiger partial charge in [-0.3, -0.25) is 0 Å². The molecule has 0 fully saturated rings. The summed E-state index contributed by atoms with van der Waals surface area (Å²) in [7, 11) is 0. The minimum atomic E-state index is -0.627. The van der Waals surface area contributed by atoms with Gasteiger partial charge < -0.3 is 10.5 Å². The Bertz CT molecular complexity index is 632. The van der Waals surface area contributed by atoms with Crippen molar-refractivity contribution in [3.63, 3.8) is 0 Å². The van der Waals surface area contributed by atoms with Gasteiger partial charge in [0.2, 0.25) is 0 Å². The van der Waals surface area contributed by atoms with Crippen molar-refractivity contribution in [1.29, 1.82) is 0 Å². The smallest absolute Gasteiger partial charge is 0.132 e. The Labute approximate surface area is 127 Å². The summed E-state index contributed by atoms with van der Waals surface area (Å²) in [6.07, 6.45) is 0.599. The fraction of sp³-hybridized carbons (Fsp3) is 0.250. The van der Waals surface area contributed by atoms with Gasteiger partial charge in [0.25, 0.3) is 0 Å².